The van der Waals surface area contributed by atoms with Gasteiger partial charge in [-0.15, -0.1) is 0 Å². The maximum absolute atomic E-state index is 7.15. The number of amidine groups is 1. The number of allylic oxidation sites excluding steroid dienone is 3. The molecule has 54 valence electrons. The van der Waals surface area contributed by atoms with Gasteiger partial charge in [-0.2, -0.15) is 0 Å². The first kappa shape index (κ1) is 7.06. The van der Waals surface area contributed by atoms with Crippen LogP contribution in [0, 0.1) is 11.3 Å². The molecule has 0 aromatic heterocycles. The molecular formula is C8H12N2. The Labute approximate surface area is 60.9 Å². The zero-order valence-corrected chi connectivity index (χ0v) is 6.09. The van der Waals surface area contributed by atoms with E-state index in [1.54, 1.807) is 0 Å². The monoisotopic (exact) mass is 136 g/mol. The van der Waals surface area contributed by atoms with Crippen molar-refractivity contribution in [2.75, 3.05) is 0 Å². The topological polar surface area (TPSA) is 49.9 Å². The summed E-state index contributed by atoms with van der Waals surface area (Å²) < 4.78 is 0. The van der Waals surface area contributed by atoms with E-state index in [-0.39, 0.29) is 5.84 Å². The third kappa shape index (κ3) is 1.47. The van der Waals surface area contributed by atoms with E-state index in [9.17, 15) is 0 Å². The Hall–Kier alpha value is -1.05. The van der Waals surface area contributed by atoms with Gasteiger partial charge < -0.3 is 5.73 Å². The lowest BCUT2D eigenvalue weighted by Gasteiger charge is -2.12. The Morgan fingerprint density at radius 2 is 2.50 bits per heavy atom. The maximum Gasteiger partial charge on any atom is 0.118 e. The molecule has 0 radical (unpaired) electrons. The van der Waals surface area contributed by atoms with Gasteiger partial charge in [-0.25, -0.2) is 0 Å². The fourth-order valence-corrected chi connectivity index (χ4v) is 1.04. The van der Waals surface area contributed by atoms with Gasteiger partial charge in [-0.3, -0.25) is 5.41 Å². The van der Waals surface area contributed by atoms with Gasteiger partial charge in [0.25, 0.3) is 0 Å². The van der Waals surface area contributed by atoms with Crippen LogP contribution in [0.3, 0.4) is 0 Å². The molecule has 0 saturated carbocycles. The second kappa shape index (κ2) is 2.69. The molecular weight excluding hydrogens is 124 g/mol. The minimum atomic E-state index is 0.205. The highest BCUT2D eigenvalue weighted by Gasteiger charge is 2.07. The van der Waals surface area contributed by atoms with E-state index in [4.69, 9.17) is 11.1 Å². The Morgan fingerprint density at radius 3 is 2.90 bits per heavy atom. The molecule has 1 unspecified atom stereocenters. The number of hydrogen-bond donors (Lipinski definition) is 2. The molecule has 1 aliphatic rings. The van der Waals surface area contributed by atoms with Crippen molar-refractivity contribution < 1.29 is 0 Å². The Kier molecular flexibility index (Phi) is 1.90. The highest BCUT2D eigenvalue weighted by Crippen LogP contribution is 2.16. The molecule has 0 fully saturated rings. The number of rotatable bonds is 1. The first-order valence-corrected chi connectivity index (χ1v) is 3.42. The lowest BCUT2D eigenvalue weighted by atomic mass is 9.95. The first-order chi connectivity index (χ1) is 4.70. The van der Waals surface area contributed by atoms with Crippen molar-refractivity contribution in [1.29, 1.82) is 5.41 Å². The zero-order valence-electron chi connectivity index (χ0n) is 6.09. The van der Waals surface area contributed by atoms with Gasteiger partial charge in [0, 0.05) is 0 Å². The Balaban J connectivity index is 2.71. The minimum absolute atomic E-state index is 0.205. The molecule has 10 heavy (non-hydrogen) atoms. The fourth-order valence-electron chi connectivity index (χ4n) is 1.04. The van der Waals surface area contributed by atoms with Crippen molar-refractivity contribution in [3.63, 3.8) is 0 Å². The van der Waals surface area contributed by atoms with E-state index in [1.165, 1.54) is 0 Å². The van der Waals surface area contributed by atoms with Crippen LogP contribution in [0.2, 0.25) is 0 Å². The SMILES string of the molecule is CC1C=CC=C(C(=N)N)C1. The summed E-state index contributed by atoms with van der Waals surface area (Å²) in [6, 6.07) is 0. The molecule has 1 aliphatic carbocycles. The van der Waals surface area contributed by atoms with Crippen LogP contribution in [0.4, 0.5) is 0 Å². The van der Waals surface area contributed by atoms with Gasteiger partial charge in [-0.05, 0) is 17.9 Å². The van der Waals surface area contributed by atoms with Crippen molar-refractivity contribution in [1.82, 2.24) is 0 Å². The maximum atomic E-state index is 7.15. The van der Waals surface area contributed by atoms with Crippen LogP contribution in [-0.2, 0) is 0 Å². The lowest BCUT2D eigenvalue weighted by Crippen LogP contribution is -2.15. The summed E-state index contributed by atoms with van der Waals surface area (Å²) in [4.78, 5) is 0. The van der Waals surface area contributed by atoms with Crippen LogP contribution in [-0.4, -0.2) is 5.84 Å². The largest absolute Gasteiger partial charge is 0.384 e. The highest BCUT2D eigenvalue weighted by molar-refractivity contribution is 5.94. The van der Waals surface area contributed by atoms with Crippen molar-refractivity contribution in [3.8, 4) is 0 Å². The fraction of sp³-hybridized carbons (Fsp3) is 0.375. The van der Waals surface area contributed by atoms with Crippen LogP contribution >= 0.6 is 0 Å². The van der Waals surface area contributed by atoms with Crippen molar-refractivity contribution >= 4 is 5.84 Å². The van der Waals surface area contributed by atoms with E-state index in [0.717, 1.165) is 12.0 Å². The van der Waals surface area contributed by atoms with E-state index >= 15 is 0 Å². The Bertz CT molecular complexity index is 201. The zero-order chi connectivity index (χ0) is 7.56. The first-order valence-electron chi connectivity index (χ1n) is 3.42. The summed E-state index contributed by atoms with van der Waals surface area (Å²) >= 11 is 0. The molecule has 0 amide bonds. The van der Waals surface area contributed by atoms with E-state index in [0.29, 0.717) is 5.92 Å². The third-order valence-corrected chi connectivity index (χ3v) is 1.62. The second-order valence-corrected chi connectivity index (χ2v) is 2.67. The summed E-state index contributed by atoms with van der Waals surface area (Å²) in [6.45, 7) is 2.12. The van der Waals surface area contributed by atoms with Crippen LogP contribution < -0.4 is 5.73 Å². The number of nitrogens with one attached hydrogen (secondary N) is 1. The van der Waals surface area contributed by atoms with Gasteiger partial charge in [0.2, 0.25) is 0 Å². The molecule has 0 aliphatic heterocycles. The molecule has 3 N–H and O–H groups in total. The number of nitrogens with two attached hydrogens (primary N) is 1. The van der Waals surface area contributed by atoms with Crippen molar-refractivity contribution in [2.45, 2.75) is 13.3 Å². The van der Waals surface area contributed by atoms with Gasteiger partial charge in [0.05, 0.1) is 0 Å². The smallest absolute Gasteiger partial charge is 0.118 e. The van der Waals surface area contributed by atoms with Gasteiger partial charge in [-0.1, -0.05) is 25.2 Å². The van der Waals surface area contributed by atoms with Crippen molar-refractivity contribution in [3.05, 3.63) is 23.8 Å². The normalized spacial score (nSPS) is 24.1. The average Bonchev–Trinajstić information content (AvgIpc) is 1.88. The predicted molar refractivity (Wildman–Crippen MR) is 42.9 cm³/mol. The molecule has 0 heterocycles. The van der Waals surface area contributed by atoms with Crippen LogP contribution in [0.5, 0.6) is 0 Å². The quantitative estimate of drug-likeness (QED) is 0.416. The molecule has 2 nitrogen and oxygen atoms in total. The van der Waals surface area contributed by atoms with Gasteiger partial charge in [0.1, 0.15) is 5.84 Å². The molecule has 0 spiro atoms. The van der Waals surface area contributed by atoms with E-state index in [1.807, 2.05) is 12.2 Å². The number of hydrogen-bond acceptors (Lipinski definition) is 1. The lowest BCUT2D eigenvalue weighted by molar-refractivity contribution is 0.722. The second-order valence-electron chi connectivity index (χ2n) is 2.67. The predicted octanol–water partition coefficient (Wildman–Crippen LogP) is 1.44. The van der Waals surface area contributed by atoms with Crippen LogP contribution in [0.15, 0.2) is 23.8 Å². The van der Waals surface area contributed by atoms with E-state index < -0.39 is 0 Å². The van der Waals surface area contributed by atoms with Crippen molar-refractivity contribution in [2.24, 2.45) is 11.7 Å². The summed E-state index contributed by atoms with van der Waals surface area (Å²) in [5.74, 6) is 0.736. The molecule has 0 saturated heterocycles. The average molecular weight is 136 g/mol. The molecule has 2 heteroatoms. The Morgan fingerprint density at radius 1 is 1.80 bits per heavy atom. The summed E-state index contributed by atoms with van der Waals surface area (Å²) in [5, 5.41) is 7.15. The summed E-state index contributed by atoms with van der Waals surface area (Å²) in [6.07, 6.45) is 6.89. The van der Waals surface area contributed by atoms with E-state index in [2.05, 4.69) is 13.0 Å². The summed E-state index contributed by atoms with van der Waals surface area (Å²) in [7, 11) is 0. The molecule has 1 rings (SSSR count). The highest BCUT2D eigenvalue weighted by atomic mass is 14.7. The molecule has 0 aromatic carbocycles. The third-order valence-electron chi connectivity index (χ3n) is 1.62. The van der Waals surface area contributed by atoms with Crippen LogP contribution in [0.1, 0.15) is 13.3 Å². The van der Waals surface area contributed by atoms with Crippen LogP contribution in [0.25, 0.3) is 0 Å². The standard InChI is InChI=1S/C8H12N2/c1-6-3-2-4-7(5-6)8(9)10/h2-4,6H,5H2,1H3,(H3,9,10). The van der Waals surface area contributed by atoms with Gasteiger partial charge >= 0.3 is 0 Å². The minimum Gasteiger partial charge on any atom is -0.384 e. The molecule has 0 aromatic rings. The van der Waals surface area contributed by atoms with Gasteiger partial charge in [0.15, 0.2) is 0 Å². The molecule has 0 bridgehead atoms. The molecule has 1 atom stereocenters. The summed E-state index contributed by atoms with van der Waals surface area (Å²) in [5.41, 5.74) is 6.26.